The number of carboxylic acid groups (broad SMARTS) is 1. The first-order valence-corrected chi connectivity index (χ1v) is 6.62. The molecule has 1 fully saturated rings. The fourth-order valence-electron chi connectivity index (χ4n) is 2.56. The van der Waals surface area contributed by atoms with E-state index in [1.54, 1.807) is 0 Å². The lowest BCUT2D eigenvalue weighted by molar-refractivity contribution is -0.144. The van der Waals surface area contributed by atoms with E-state index in [-0.39, 0.29) is 6.61 Å². The molecule has 0 saturated carbocycles. The van der Waals surface area contributed by atoms with Crippen LogP contribution in [0.5, 0.6) is 0 Å². The van der Waals surface area contributed by atoms with Gasteiger partial charge in [0.05, 0.1) is 0 Å². The largest absolute Gasteiger partial charge is 0.480 e. The number of likely N-dealkylation sites (tertiary alicyclic amines) is 1. The summed E-state index contributed by atoms with van der Waals surface area (Å²) in [6.07, 6.45) is 0.0940. The van der Waals surface area contributed by atoms with Crippen molar-refractivity contribution in [2.75, 3.05) is 6.54 Å². The van der Waals surface area contributed by atoms with E-state index in [2.05, 4.69) is 0 Å². The van der Waals surface area contributed by atoms with Gasteiger partial charge in [-0.05, 0) is 17.4 Å². The zero-order valence-electron chi connectivity index (χ0n) is 11.7. The van der Waals surface area contributed by atoms with Gasteiger partial charge >= 0.3 is 12.1 Å². The fraction of sp³-hybridized carbons (Fsp3) is 0.467. The van der Waals surface area contributed by atoms with Crippen molar-refractivity contribution >= 4 is 12.1 Å². The summed E-state index contributed by atoms with van der Waals surface area (Å²) in [7, 11) is 0. The van der Waals surface area contributed by atoms with Gasteiger partial charge in [-0.3, -0.25) is 4.90 Å². The molecule has 1 saturated heterocycles. The van der Waals surface area contributed by atoms with Gasteiger partial charge in [0.1, 0.15) is 12.6 Å². The topological polar surface area (TPSA) is 66.8 Å². The van der Waals surface area contributed by atoms with Crippen molar-refractivity contribution in [3.05, 3.63) is 35.9 Å². The fourth-order valence-corrected chi connectivity index (χ4v) is 2.56. The SMILES string of the molecule is CC1(C)CCN(C(=O)OCc2ccccc2)[C@@H]1C(=O)O. The minimum absolute atomic E-state index is 0.156. The molecule has 0 radical (unpaired) electrons. The molecule has 1 heterocycles. The lowest BCUT2D eigenvalue weighted by Gasteiger charge is -2.28. The number of carboxylic acids is 1. The van der Waals surface area contributed by atoms with E-state index in [0.29, 0.717) is 13.0 Å². The van der Waals surface area contributed by atoms with Crippen LogP contribution < -0.4 is 0 Å². The molecule has 1 aromatic carbocycles. The summed E-state index contributed by atoms with van der Waals surface area (Å²) in [6, 6.07) is 8.50. The van der Waals surface area contributed by atoms with E-state index in [1.807, 2.05) is 44.2 Å². The zero-order chi connectivity index (χ0) is 14.8. The van der Waals surface area contributed by atoms with Gasteiger partial charge in [0.2, 0.25) is 0 Å². The highest BCUT2D eigenvalue weighted by molar-refractivity contribution is 5.81. The number of ether oxygens (including phenoxy) is 1. The highest BCUT2D eigenvalue weighted by atomic mass is 16.6. The second-order valence-corrected chi connectivity index (χ2v) is 5.71. The van der Waals surface area contributed by atoms with Crippen LogP contribution in [0, 0.1) is 5.41 Å². The van der Waals surface area contributed by atoms with Crippen LogP contribution in [0.25, 0.3) is 0 Å². The zero-order valence-corrected chi connectivity index (χ0v) is 11.7. The Balaban J connectivity index is 2.00. The minimum atomic E-state index is -0.982. The maximum absolute atomic E-state index is 12.1. The van der Waals surface area contributed by atoms with E-state index in [1.165, 1.54) is 4.90 Å². The van der Waals surface area contributed by atoms with Crippen LogP contribution in [0.4, 0.5) is 4.79 Å². The lowest BCUT2D eigenvalue weighted by atomic mass is 9.85. The average molecular weight is 277 g/mol. The van der Waals surface area contributed by atoms with E-state index in [9.17, 15) is 14.7 Å². The molecule has 20 heavy (non-hydrogen) atoms. The van der Waals surface area contributed by atoms with Crippen molar-refractivity contribution in [3.63, 3.8) is 0 Å². The van der Waals surface area contributed by atoms with Gasteiger partial charge in [0, 0.05) is 6.54 Å². The molecule has 1 N–H and O–H groups in total. The molecule has 5 heteroatoms. The quantitative estimate of drug-likeness (QED) is 0.921. The van der Waals surface area contributed by atoms with E-state index in [0.717, 1.165) is 5.56 Å². The average Bonchev–Trinajstić information content (AvgIpc) is 2.73. The Labute approximate surface area is 118 Å². The second-order valence-electron chi connectivity index (χ2n) is 5.71. The minimum Gasteiger partial charge on any atom is -0.480 e. The van der Waals surface area contributed by atoms with Crippen LogP contribution in [0.1, 0.15) is 25.8 Å². The smallest absolute Gasteiger partial charge is 0.410 e. The summed E-state index contributed by atoms with van der Waals surface area (Å²) in [4.78, 5) is 24.7. The Bertz CT molecular complexity index is 498. The van der Waals surface area contributed by atoms with Crippen molar-refractivity contribution in [2.24, 2.45) is 5.41 Å². The van der Waals surface area contributed by atoms with Crippen LogP contribution in [0.3, 0.4) is 0 Å². The predicted molar refractivity (Wildman–Crippen MR) is 73.2 cm³/mol. The Morgan fingerprint density at radius 3 is 2.60 bits per heavy atom. The van der Waals surface area contributed by atoms with Crippen molar-refractivity contribution in [2.45, 2.75) is 32.9 Å². The number of amides is 1. The van der Waals surface area contributed by atoms with Gasteiger partial charge in [-0.2, -0.15) is 0 Å². The molecular weight excluding hydrogens is 258 g/mol. The van der Waals surface area contributed by atoms with Crippen LogP contribution in [-0.4, -0.2) is 34.7 Å². The lowest BCUT2D eigenvalue weighted by Crippen LogP contribution is -2.46. The molecule has 108 valence electrons. The molecule has 0 spiro atoms. The first-order valence-electron chi connectivity index (χ1n) is 6.62. The van der Waals surface area contributed by atoms with Gasteiger partial charge < -0.3 is 9.84 Å². The first-order chi connectivity index (χ1) is 9.42. The maximum Gasteiger partial charge on any atom is 0.410 e. The van der Waals surface area contributed by atoms with Gasteiger partial charge in [-0.25, -0.2) is 9.59 Å². The van der Waals surface area contributed by atoms with E-state index < -0.39 is 23.5 Å². The molecule has 5 nitrogen and oxygen atoms in total. The number of hydrogen-bond acceptors (Lipinski definition) is 3. The molecule has 0 aliphatic carbocycles. The molecule has 0 bridgehead atoms. The number of aliphatic carboxylic acids is 1. The first kappa shape index (κ1) is 14.4. The Morgan fingerprint density at radius 2 is 2.00 bits per heavy atom. The molecule has 1 aromatic rings. The van der Waals surface area contributed by atoms with Crippen LogP contribution in [0.15, 0.2) is 30.3 Å². The number of nitrogens with zero attached hydrogens (tertiary/aromatic N) is 1. The van der Waals surface area contributed by atoms with Crippen molar-refractivity contribution in [3.8, 4) is 0 Å². The molecule has 1 atom stereocenters. The van der Waals surface area contributed by atoms with Gasteiger partial charge in [0.15, 0.2) is 0 Å². The highest BCUT2D eigenvalue weighted by Crippen LogP contribution is 2.36. The third kappa shape index (κ3) is 2.92. The maximum atomic E-state index is 12.1. The third-order valence-electron chi connectivity index (χ3n) is 3.72. The van der Waals surface area contributed by atoms with Crippen molar-refractivity contribution < 1.29 is 19.4 Å². The van der Waals surface area contributed by atoms with Crippen LogP contribution >= 0.6 is 0 Å². The summed E-state index contributed by atoms with van der Waals surface area (Å²) < 4.78 is 5.21. The molecule has 1 aliphatic heterocycles. The summed E-state index contributed by atoms with van der Waals surface area (Å²) in [6.45, 7) is 4.28. The summed E-state index contributed by atoms with van der Waals surface area (Å²) in [5.41, 5.74) is 0.448. The summed E-state index contributed by atoms with van der Waals surface area (Å²) in [5, 5.41) is 9.30. The Kier molecular flexibility index (Phi) is 3.97. The molecule has 0 unspecified atom stereocenters. The predicted octanol–water partition coefficient (Wildman–Crippen LogP) is 2.51. The molecule has 1 amide bonds. The highest BCUT2D eigenvalue weighted by Gasteiger charge is 2.47. The summed E-state index contributed by atoms with van der Waals surface area (Å²) in [5.74, 6) is -0.982. The van der Waals surface area contributed by atoms with Crippen LogP contribution in [-0.2, 0) is 16.1 Å². The molecular formula is C15H19NO4. The standard InChI is InChI=1S/C15H19NO4/c1-15(2)8-9-16(12(15)13(17)18)14(19)20-10-11-6-4-3-5-7-11/h3-7,12H,8-10H2,1-2H3,(H,17,18)/t12-/m1/s1. The Morgan fingerprint density at radius 1 is 1.35 bits per heavy atom. The van der Waals surface area contributed by atoms with Crippen molar-refractivity contribution in [1.29, 1.82) is 0 Å². The van der Waals surface area contributed by atoms with Crippen molar-refractivity contribution in [1.82, 2.24) is 4.90 Å². The Hall–Kier alpha value is -2.04. The van der Waals surface area contributed by atoms with Crippen LogP contribution in [0.2, 0.25) is 0 Å². The molecule has 0 aromatic heterocycles. The third-order valence-corrected chi connectivity index (χ3v) is 3.72. The number of rotatable bonds is 3. The van der Waals surface area contributed by atoms with E-state index >= 15 is 0 Å². The summed E-state index contributed by atoms with van der Waals surface area (Å²) >= 11 is 0. The monoisotopic (exact) mass is 277 g/mol. The number of carbonyl (C=O) groups excluding carboxylic acids is 1. The molecule has 1 aliphatic rings. The number of carbonyl (C=O) groups is 2. The van der Waals surface area contributed by atoms with E-state index in [4.69, 9.17) is 4.74 Å². The normalized spacial score (nSPS) is 20.7. The number of hydrogen-bond donors (Lipinski definition) is 1. The molecule has 2 rings (SSSR count). The van der Waals surface area contributed by atoms with Gasteiger partial charge in [0.25, 0.3) is 0 Å². The number of benzene rings is 1. The second kappa shape index (κ2) is 5.53. The van der Waals surface area contributed by atoms with Gasteiger partial charge in [-0.1, -0.05) is 44.2 Å². The van der Waals surface area contributed by atoms with Gasteiger partial charge in [-0.15, -0.1) is 0 Å².